The molecule has 0 bridgehead atoms. The van der Waals surface area contributed by atoms with Gasteiger partial charge in [-0.1, -0.05) is 24.9 Å². The first kappa shape index (κ1) is 21.1. The lowest BCUT2D eigenvalue weighted by Gasteiger charge is -2.14. The number of ether oxygens (including phenoxy) is 2. The second-order valence-electron chi connectivity index (χ2n) is 6.41. The topological polar surface area (TPSA) is 64.8 Å². The second kappa shape index (κ2) is 10.8. The molecule has 0 spiro atoms. The third-order valence-electron chi connectivity index (χ3n) is 4.26. The first-order chi connectivity index (χ1) is 14.1. The number of nitrogens with two attached hydrogens (primary N) is 1. The molecule has 3 rings (SSSR count). The van der Waals surface area contributed by atoms with Crippen LogP contribution in [-0.2, 0) is 0 Å². The fourth-order valence-electron chi connectivity index (χ4n) is 2.75. The molecule has 2 amide bonds. The molecular weight excluding hydrogens is 404 g/mol. The first-order valence-corrected chi connectivity index (χ1v) is 10.7. The third-order valence-corrected chi connectivity index (χ3v) is 5.60. The molecule has 1 aromatic heterocycles. The minimum absolute atomic E-state index is 0.580. The summed E-state index contributed by atoms with van der Waals surface area (Å²) in [6.45, 7) is 1.28. The van der Waals surface area contributed by atoms with Gasteiger partial charge >= 0.3 is 6.03 Å². The van der Waals surface area contributed by atoms with Crippen molar-refractivity contribution in [2.24, 2.45) is 5.73 Å². The third kappa shape index (κ3) is 6.44. The lowest BCUT2D eigenvalue weighted by Crippen LogP contribution is -2.27. The van der Waals surface area contributed by atoms with Gasteiger partial charge in [0.15, 0.2) is 0 Å². The molecule has 0 saturated heterocycles. The molecule has 0 aliphatic carbocycles. The molecule has 152 valence electrons. The zero-order valence-electron chi connectivity index (χ0n) is 16.0. The molecule has 7 heteroatoms. The van der Waals surface area contributed by atoms with E-state index in [9.17, 15) is 4.79 Å². The summed E-state index contributed by atoms with van der Waals surface area (Å²) in [5, 5.41) is 2.08. The lowest BCUT2D eigenvalue weighted by atomic mass is 10.2. The molecule has 0 unspecified atom stereocenters. The molecule has 3 aromatic rings. The molecule has 0 aliphatic rings. The Balaban J connectivity index is 1.31. The van der Waals surface area contributed by atoms with Crippen molar-refractivity contribution in [1.29, 1.82) is 0 Å². The Morgan fingerprint density at radius 2 is 1.66 bits per heavy atom. The number of anilines is 1. The summed E-state index contributed by atoms with van der Waals surface area (Å²) in [5.74, 6) is 1.58. The molecule has 0 atom stereocenters. The molecule has 0 aliphatic heterocycles. The number of unbranched alkanes of at least 4 members (excludes halogenated alkanes) is 2. The van der Waals surface area contributed by atoms with Crippen molar-refractivity contribution in [3.63, 3.8) is 0 Å². The van der Waals surface area contributed by atoms with Crippen molar-refractivity contribution >= 4 is 35.9 Å². The van der Waals surface area contributed by atoms with E-state index in [1.165, 1.54) is 10.4 Å². The van der Waals surface area contributed by atoms with Gasteiger partial charge in [0.05, 0.1) is 18.9 Å². The van der Waals surface area contributed by atoms with E-state index in [-0.39, 0.29) is 0 Å². The van der Waals surface area contributed by atoms with Crippen LogP contribution in [-0.4, -0.2) is 19.2 Å². The van der Waals surface area contributed by atoms with Gasteiger partial charge in [-0.3, -0.25) is 0 Å². The SMILES string of the molecule is NC(=O)N(S)c1cccc(OCCCCCOc2ccc(-c3cccs3)cc2)c1. The molecule has 2 N–H and O–H groups in total. The number of hydrogen-bond donors (Lipinski definition) is 2. The predicted octanol–water partition coefficient (Wildman–Crippen LogP) is 5.77. The average molecular weight is 429 g/mol. The van der Waals surface area contributed by atoms with Gasteiger partial charge in [-0.15, -0.1) is 11.3 Å². The number of amides is 2. The highest BCUT2D eigenvalue weighted by molar-refractivity contribution is 7.82. The number of nitrogens with zero attached hydrogens (tertiary/aromatic N) is 1. The van der Waals surface area contributed by atoms with Crippen molar-refractivity contribution in [2.45, 2.75) is 19.3 Å². The molecule has 29 heavy (non-hydrogen) atoms. The fourth-order valence-corrected chi connectivity index (χ4v) is 3.61. The van der Waals surface area contributed by atoms with Crippen molar-refractivity contribution in [2.75, 3.05) is 17.5 Å². The van der Waals surface area contributed by atoms with Crippen molar-refractivity contribution in [3.8, 4) is 21.9 Å². The van der Waals surface area contributed by atoms with Gasteiger partial charge < -0.3 is 15.2 Å². The number of carbonyl (C=O) groups is 1. The summed E-state index contributed by atoms with van der Waals surface area (Å²) in [6.07, 6.45) is 2.89. The van der Waals surface area contributed by atoms with Gasteiger partial charge in [-0.2, -0.15) is 0 Å². The second-order valence-corrected chi connectivity index (χ2v) is 7.75. The van der Waals surface area contributed by atoms with Crippen LogP contribution in [0.15, 0.2) is 66.0 Å². The average Bonchev–Trinajstić information content (AvgIpc) is 3.28. The Morgan fingerprint density at radius 3 is 2.31 bits per heavy atom. The van der Waals surface area contributed by atoms with Crippen LogP contribution in [0.25, 0.3) is 10.4 Å². The molecular formula is C22H24N2O3S2. The van der Waals surface area contributed by atoms with Crippen LogP contribution in [0.1, 0.15) is 19.3 Å². The van der Waals surface area contributed by atoms with Crippen LogP contribution < -0.4 is 19.5 Å². The van der Waals surface area contributed by atoms with Crippen LogP contribution in [0.3, 0.4) is 0 Å². The first-order valence-electron chi connectivity index (χ1n) is 9.41. The van der Waals surface area contributed by atoms with E-state index in [0.29, 0.717) is 24.7 Å². The summed E-state index contributed by atoms with van der Waals surface area (Å²) < 4.78 is 12.6. The summed E-state index contributed by atoms with van der Waals surface area (Å²) in [5.41, 5.74) is 7.01. The number of carbonyl (C=O) groups excluding carboxylic acids is 1. The monoisotopic (exact) mass is 428 g/mol. The number of rotatable bonds is 10. The highest BCUT2D eigenvalue weighted by Gasteiger charge is 2.08. The number of urea groups is 1. The normalized spacial score (nSPS) is 10.5. The predicted molar refractivity (Wildman–Crippen MR) is 122 cm³/mol. The Hall–Kier alpha value is -2.64. The van der Waals surface area contributed by atoms with Crippen LogP contribution in [0, 0.1) is 0 Å². The van der Waals surface area contributed by atoms with Gasteiger partial charge in [0.25, 0.3) is 0 Å². The highest BCUT2D eigenvalue weighted by Crippen LogP contribution is 2.26. The van der Waals surface area contributed by atoms with E-state index in [2.05, 4.69) is 42.5 Å². The maximum atomic E-state index is 11.2. The molecule has 0 radical (unpaired) electrons. The number of thiol groups is 1. The van der Waals surface area contributed by atoms with E-state index >= 15 is 0 Å². The zero-order valence-corrected chi connectivity index (χ0v) is 17.7. The largest absolute Gasteiger partial charge is 0.494 e. The molecule has 2 aromatic carbocycles. The van der Waals surface area contributed by atoms with Crippen molar-refractivity contribution in [1.82, 2.24) is 0 Å². The summed E-state index contributed by atoms with van der Waals surface area (Å²) >= 11 is 5.78. The van der Waals surface area contributed by atoms with Gasteiger partial charge in [0.2, 0.25) is 0 Å². The van der Waals surface area contributed by atoms with Crippen molar-refractivity contribution < 1.29 is 14.3 Å². The van der Waals surface area contributed by atoms with Crippen LogP contribution in [0.4, 0.5) is 10.5 Å². The number of primary amides is 1. The van der Waals surface area contributed by atoms with Crippen LogP contribution >= 0.6 is 24.2 Å². The van der Waals surface area contributed by atoms with Gasteiger partial charge in [0.1, 0.15) is 11.5 Å². The highest BCUT2D eigenvalue weighted by atomic mass is 32.1. The van der Waals surface area contributed by atoms with E-state index < -0.39 is 6.03 Å². The van der Waals surface area contributed by atoms with Gasteiger partial charge in [0, 0.05) is 10.9 Å². The molecule has 1 heterocycles. The minimum Gasteiger partial charge on any atom is -0.494 e. The standard InChI is InChI=1S/C22H24N2O3S2/c23-22(25)24(28)18-6-4-7-20(16-18)27-14-3-1-2-13-26-19-11-9-17(10-12-19)21-8-5-15-29-21/h4-12,15-16,28H,1-3,13-14H2,(H2,23,25). The maximum Gasteiger partial charge on any atom is 0.329 e. The lowest BCUT2D eigenvalue weighted by molar-refractivity contribution is 0.257. The number of benzene rings is 2. The van der Waals surface area contributed by atoms with E-state index in [4.69, 9.17) is 15.2 Å². The van der Waals surface area contributed by atoms with E-state index in [1.54, 1.807) is 29.5 Å². The number of hydrogen-bond acceptors (Lipinski definition) is 5. The summed E-state index contributed by atoms with van der Waals surface area (Å²) in [6, 6.07) is 18.9. The summed E-state index contributed by atoms with van der Waals surface area (Å²) in [4.78, 5) is 12.4. The molecule has 0 fully saturated rings. The number of thiophene rings is 1. The molecule has 5 nitrogen and oxygen atoms in total. The Kier molecular flexibility index (Phi) is 7.84. The maximum absolute atomic E-state index is 11.2. The van der Waals surface area contributed by atoms with Crippen LogP contribution in [0.2, 0.25) is 0 Å². The van der Waals surface area contributed by atoms with Gasteiger partial charge in [-0.05, 0) is 72.7 Å². The Bertz CT molecular complexity index is 899. The Labute approximate surface area is 180 Å². The van der Waals surface area contributed by atoms with Crippen LogP contribution in [0.5, 0.6) is 11.5 Å². The van der Waals surface area contributed by atoms with Gasteiger partial charge in [-0.25, -0.2) is 9.10 Å². The van der Waals surface area contributed by atoms with E-state index in [1.807, 2.05) is 18.2 Å². The molecule has 0 saturated carbocycles. The quantitative estimate of drug-likeness (QED) is 0.318. The van der Waals surface area contributed by atoms with E-state index in [0.717, 1.165) is 29.3 Å². The van der Waals surface area contributed by atoms with Crippen molar-refractivity contribution in [3.05, 3.63) is 66.0 Å². The zero-order chi connectivity index (χ0) is 20.5. The minimum atomic E-state index is -0.633. The Morgan fingerprint density at radius 1 is 0.931 bits per heavy atom. The fraction of sp³-hybridized carbons (Fsp3) is 0.227. The summed E-state index contributed by atoms with van der Waals surface area (Å²) in [7, 11) is 0. The smallest absolute Gasteiger partial charge is 0.329 e.